The predicted octanol–water partition coefficient (Wildman–Crippen LogP) is 0.999. The number of carbonyl (C=O) groups is 3. The van der Waals surface area contributed by atoms with Crippen LogP contribution in [0.5, 0.6) is 0 Å². The van der Waals surface area contributed by atoms with Gasteiger partial charge in [0.15, 0.2) is 10.8 Å². The molecule has 2 aliphatic rings. The van der Waals surface area contributed by atoms with Crippen LogP contribution in [0.3, 0.4) is 0 Å². The lowest BCUT2D eigenvalue weighted by atomic mass is 9.86. The summed E-state index contributed by atoms with van der Waals surface area (Å²) in [5, 5.41) is 31.1. The third-order valence-corrected chi connectivity index (χ3v) is 7.30. The maximum Gasteiger partial charge on any atom is 0.353 e. The Morgan fingerprint density at radius 2 is 2.28 bits per heavy atom. The molecule has 15 heteroatoms. The van der Waals surface area contributed by atoms with Gasteiger partial charge in [-0.15, -0.1) is 11.8 Å². The van der Waals surface area contributed by atoms with Crippen LogP contribution in [0, 0.1) is 0 Å². The molecule has 4 heterocycles. The monoisotopic (exact) mass is 497 g/mol. The molecule has 2 atom stereocenters. The van der Waals surface area contributed by atoms with Gasteiger partial charge in [-0.1, -0.05) is 28.1 Å². The van der Waals surface area contributed by atoms with E-state index in [1.807, 2.05) is 0 Å². The second-order valence-corrected chi connectivity index (χ2v) is 9.56. The topological polar surface area (TPSA) is 187 Å². The molecule has 2 aromatic rings. The molecule has 2 aromatic heterocycles. The fourth-order valence-electron chi connectivity index (χ4n) is 3.57. The number of amides is 2. The molecule has 2 amide bonds. The second-order valence-electron chi connectivity index (χ2n) is 6.86. The number of anilines is 1. The van der Waals surface area contributed by atoms with Gasteiger partial charge in [-0.3, -0.25) is 19.6 Å². The molecule has 6 N–H and O–H groups in total. The average molecular weight is 498 g/mol. The summed E-state index contributed by atoms with van der Waals surface area (Å²) in [6.45, 7) is 0. The van der Waals surface area contributed by atoms with Crippen molar-refractivity contribution in [1.82, 2.24) is 25.4 Å². The number of nitrogens with two attached hydrogens (primary N) is 1. The quantitative estimate of drug-likeness (QED) is 0.161. The number of hydrogen-bond donors (Lipinski definition) is 5. The zero-order valence-corrected chi connectivity index (χ0v) is 18.5. The maximum absolute atomic E-state index is 12.8. The zero-order valence-electron chi connectivity index (χ0n) is 16.1. The molecule has 0 bridgehead atoms. The molecule has 0 saturated carbocycles. The first-order chi connectivity index (χ1) is 15.3. The number of aromatic amines is 1. The van der Waals surface area contributed by atoms with Crippen molar-refractivity contribution >= 4 is 63.3 Å². The van der Waals surface area contributed by atoms with Crippen molar-refractivity contribution in [2.75, 3.05) is 5.73 Å². The van der Waals surface area contributed by atoms with Gasteiger partial charge in [0, 0.05) is 22.4 Å². The minimum Gasteiger partial charge on any atom is -0.477 e. The Kier molecular flexibility index (Phi) is 6.08. The number of aromatic nitrogens is 3. The van der Waals surface area contributed by atoms with Crippen molar-refractivity contribution in [1.29, 1.82) is 0 Å². The number of rotatable bonds is 7. The minimum atomic E-state index is -1.22. The van der Waals surface area contributed by atoms with E-state index < -0.39 is 35.6 Å². The highest BCUT2D eigenvalue weighted by Gasteiger charge is 2.53. The summed E-state index contributed by atoms with van der Waals surface area (Å²) in [4.78, 5) is 42.9. The number of thioether (sulfide) groups is 1. The smallest absolute Gasteiger partial charge is 0.353 e. The normalized spacial score (nSPS) is 20.7. The van der Waals surface area contributed by atoms with E-state index in [1.54, 1.807) is 12.4 Å². The lowest BCUT2D eigenvalue weighted by Crippen LogP contribution is -2.72. The standard InChI is InChI=1S/C17H16ClN7O5S2/c18-13-10(23-17(19)32-13)11(24-30)14(26)22-9-7-1-2-8(31-5-6-3-20-21-4-6)12(16(28)29)25(7)15(9)27/h3-4,7,9,30H,1-2,5H2,(H2,19,23)(H,20,21)(H,22,26)(H,28,29)/b24-11-/t7-,9?/m1/s1. The van der Waals surface area contributed by atoms with Crippen LogP contribution in [0.2, 0.25) is 4.34 Å². The summed E-state index contributed by atoms with van der Waals surface area (Å²) in [6, 6.07) is -1.50. The van der Waals surface area contributed by atoms with Gasteiger partial charge in [-0.05, 0) is 12.8 Å². The van der Waals surface area contributed by atoms with Gasteiger partial charge >= 0.3 is 5.97 Å². The van der Waals surface area contributed by atoms with Crippen LogP contribution >= 0.6 is 34.7 Å². The van der Waals surface area contributed by atoms with Crippen LogP contribution < -0.4 is 11.1 Å². The summed E-state index contributed by atoms with van der Waals surface area (Å²) in [5.74, 6) is -2.16. The van der Waals surface area contributed by atoms with E-state index in [1.165, 1.54) is 16.7 Å². The molecule has 0 aliphatic carbocycles. The number of thiazole rings is 1. The number of aliphatic carboxylic acids is 1. The third kappa shape index (κ3) is 3.91. The Morgan fingerprint density at radius 3 is 2.88 bits per heavy atom. The first kappa shape index (κ1) is 22.1. The fourth-order valence-corrected chi connectivity index (χ4v) is 5.58. The lowest BCUT2D eigenvalue weighted by molar-refractivity contribution is -0.155. The zero-order chi connectivity index (χ0) is 23.0. The highest BCUT2D eigenvalue weighted by molar-refractivity contribution is 8.02. The number of fused-ring (bicyclic) bond motifs is 1. The largest absolute Gasteiger partial charge is 0.477 e. The molecular formula is C17H16ClN7O5S2. The average Bonchev–Trinajstić information content (AvgIpc) is 3.39. The maximum atomic E-state index is 12.8. The summed E-state index contributed by atoms with van der Waals surface area (Å²) < 4.78 is 0.0556. The Balaban J connectivity index is 1.49. The molecule has 1 saturated heterocycles. The van der Waals surface area contributed by atoms with Crippen LogP contribution in [-0.4, -0.2) is 66.0 Å². The Hall–Kier alpha value is -3.10. The minimum absolute atomic E-state index is 0.0556. The van der Waals surface area contributed by atoms with Gasteiger partial charge < -0.3 is 21.4 Å². The molecule has 168 valence electrons. The van der Waals surface area contributed by atoms with E-state index in [-0.39, 0.29) is 20.9 Å². The third-order valence-electron chi connectivity index (χ3n) is 4.99. The van der Waals surface area contributed by atoms with Gasteiger partial charge in [0.25, 0.3) is 11.8 Å². The van der Waals surface area contributed by atoms with E-state index >= 15 is 0 Å². The van der Waals surface area contributed by atoms with Crippen molar-refractivity contribution < 1.29 is 24.7 Å². The first-order valence-electron chi connectivity index (χ1n) is 9.16. The molecule has 4 rings (SSSR count). The van der Waals surface area contributed by atoms with E-state index in [9.17, 15) is 24.7 Å². The van der Waals surface area contributed by atoms with E-state index in [0.29, 0.717) is 23.5 Å². The van der Waals surface area contributed by atoms with Crippen LogP contribution in [0.1, 0.15) is 24.1 Å². The number of H-pyrrole nitrogens is 1. The van der Waals surface area contributed by atoms with Gasteiger partial charge in [0.05, 0.1) is 12.2 Å². The van der Waals surface area contributed by atoms with Crippen LogP contribution in [0.15, 0.2) is 28.2 Å². The first-order valence-corrected chi connectivity index (χ1v) is 11.3. The number of allylic oxidation sites excluding steroid dienone is 1. The number of halogens is 1. The highest BCUT2D eigenvalue weighted by atomic mass is 35.5. The summed E-state index contributed by atoms with van der Waals surface area (Å²) in [5.41, 5.74) is 5.77. The summed E-state index contributed by atoms with van der Waals surface area (Å²) in [6.07, 6.45) is 4.24. The summed E-state index contributed by atoms with van der Waals surface area (Å²) >= 11 is 8.20. The van der Waals surface area contributed by atoms with Crippen molar-refractivity contribution in [3.05, 3.63) is 38.6 Å². The van der Waals surface area contributed by atoms with Crippen LogP contribution in [-0.2, 0) is 20.1 Å². The second kappa shape index (κ2) is 8.80. The molecule has 32 heavy (non-hydrogen) atoms. The van der Waals surface area contributed by atoms with Crippen LogP contribution in [0.4, 0.5) is 5.13 Å². The van der Waals surface area contributed by atoms with Gasteiger partial charge in [0.1, 0.15) is 21.8 Å². The number of carboxylic acid groups (broad SMARTS) is 1. The molecule has 0 radical (unpaired) electrons. The van der Waals surface area contributed by atoms with Crippen LogP contribution in [0.25, 0.3) is 0 Å². The van der Waals surface area contributed by atoms with Crippen molar-refractivity contribution in [2.45, 2.75) is 30.7 Å². The molecule has 0 aromatic carbocycles. The number of nitrogens with one attached hydrogen (secondary N) is 2. The Morgan fingerprint density at radius 1 is 1.50 bits per heavy atom. The van der Waals surface area contributed by atoms with Crippen molar-refractivity contribution in [3.63, 3.8) is 0 Å². The Bertz CT molecular complexity index is 1150. The van der Waals surface area contributed by atoms with E-state index in [4.69, 9.17) is 17.3 Å². The molecule has 1 unspecified atom stereocenters. The van der Waals surface area contributed by atoms with Crippen molar-refractivity contribution in [3.8, 4) is 0 Å². The Labute approximate surface area is 193 Å². The summed E-state index contributed by atoms with van der Waals surface area (Å²) in [7, 11) is 0. The van der Waals surface area contributed by atoms with Gasteiger partial charge in [-0.25, -0.2) is 9.78 Å². The van der Waals surface area contributed by atoms with E-state index in [2.05, 4.69) is 25.7 Å². The molecular weight excluding hydrogens is 482 g/mol. The van der Waals surface area contributed by atoms with Gasteiger partial charge in [0.2, 0.25) is 0 Å². The molecule has 0 spiro atoms. The van der Waals surface area contributed by atoms with Crippen molar-refractivity contribution in [2.24, 2.45) is 5.16 Å². The lowest BCUT2D eigenvalue weighted by Gasteiger charge is -2.50. The predicted molar refractivity (Wildman–Crippen MR) is 116 cm³/mol. The number of β-lactam (4-membered cyclic amide) rings is 1. The number of oxime groups is 1. The number of nitrogen functional groups attached to an aromatic ring is 1. The SMILES string of the molecule is Nc1nc(/C(=N/O)C(=O)NC2C(=O)N3C(C(=O)O)=C(SCc4cn[nH]c4)CC[C@H]23)c(Cl)s1. The number of nitrogens with zero attached hydrogens (tertiary/aromatic N) is 4. The van der Waals surface area contributed by atoms with Gasteiger partial charge in [-0.2, -0.15) is 5.10 Å². The fraction of sp³-hybridized carbons (Fsp3) is 0.294. The van der Waals surface area contributed by atoms with E-state index in [0.717, 1.165) is 16.9 Å². The molecule has 12 nitrogen and oxygen atoms in total. The molecule has 1 fully saturated rings. The highest BCUT2D eigenvalue weighted by Crippen LogP contribution is 2.41. The molecule has 2 aliphatic heterocycles. The number of carbonyl (C=O) groups excluding carboxylic acids is 2. The number of carboxylic acids is 1. The number of hydrogen-bond acceptors (Lipinski definition) is 10.